The van der Waals surface area contributed by atoms with Crippen molar-refractivity contribution < 1.29 is 51.5 Å². The van der Waals surface area contributed by atoms with Crippen molar-refractivity contribution in [3.05, 3.63) is 106 Å². The molecule has 12 nitrogen and oxygen atoms in total. The summed E-state index contributed by atoms with van der Waals surface area (Å²) in [6, 6.07) is 20.6. The third-order valence-corrected chi connectivity index (χ3v) is 15.1. The van der Waals surface area contributed by atoms with Gasteiger partial charge in [0, 0.05) is 14.1 Å². The van der Waals surface area contributed by atoms with E-state index in [1.54, 1.807) is 19.9 Å². The highest BCUT2D eigenvalue weighted by Crippen LogP contribution is 2.50. The molecular formula is C52H49F3N4O8. The van der Waals surface area contributed by atoms with Gasteiger partial charge in [-0.25, -0.2) is 0 Å². The van der Waals surface area contributed by atoms with Crippen molar-refractivity contribution in [1.82, 2.24) is 9.80 Å². The van der Waals surface area contributed by atoms with Crippen LogP contribution in [0.5, 0.6) is 0 Å². The van der Waals surface area contributed by atoms with E-state index in [2.05, 4.69) is 32.0 Å². The van der Waals surface area contributed by atoms with E-state index in [0.717, 1.165) is 37.5 Å². The number of carbonyl (C=O) groups excluding carboxylic acids is 8. The van der Waals surface area contributed by atoms with Gasteiger partial charge in [0.1, 0.15) is 0 Å². The van der Waals surface area contributed by atoms with E-state index in [0.29, 0.717) is 22.4 Å². The van der Waals surface area contributed by atoms with Crippen LogP contribution in [0.1, 0.15) is 59.1 Å². The van der Waals surface area contributed by atoms with E-state index in [9.17, 15) is 51.5 Å². The number of benzene rings is 4. The molecule has 6 fully saturated rings. The van der Waals surface area contributed by atoms with Gasteiger partial charge in [-0.05, 0) is 130 Å². The molecule has 15 heteroatoms. The molecule has 0 bridgehead atoms. The lowest BCUT2D eigenvalue weighted by Crippen LogP contribution is -2.35. The number of nitrogens with zero attached hydrogens (tertiary/aromatic N) is 4. The lowest BCUT2D eigenvalue weighted by Gasteiger charge is -2.28. The van der Waals surface area contributed by atoms with Crippen LogP contribution in [0, 0.1) is 82.0 Å². The van der Waals surface area contributed by atoms with Crippen molar-refractivity contribution in [3.63, 3.8) is 0 Å². The minimum Gasteiger partial charge on any atom is -0.285 e. The molecule has 2 aliphatic carbocycles. The summed E-state index contributed by atoms with van der Waals surface area (Å²) in [7, 11) is 2.89. The number of halogens is 3. The van der Waals surface area contributed by atoms with Crippen LogP contribution in [0.4, 0.5) is 24.5 Å². The number of imide groups is 4. The van der Waals surface area contributed by atoms with Crippen molar-refractivity contribution in [2.45, 2.75) is 66.5 Å². The number of hydrogen-bond acceptors (Lipinski definition) is 8. The van der Waals surface area contributed by atoms with E-state index >= 15 is 0 Å². The van der Waals surface area contributed by atoms with Gasteiger partial charge in [0.2, 0.25) is 47.3 Å². The van der Waals surface area contributed by atoms with E-state index in [4.69, 9.17) is 0 Å². The van der Waals surface area contributed by atoms with Gasteiger partial charge in [0.05, 0.1) is 64.3 Å². The first-order valence-corrected chi connectivity index (χ1v) is 22.4. The third kappa shape index (κ3) is 7.28. The summed E-state index contributed by atoms with van der Waals surface area (Å²) in [5, 5.41) is 0. The van der Waals surface area contributed by atoms with Gasteiger partial charge in [-0.2, -0.15) is 13.2 Å². The standard InChI is InChI=1S/C26H23F3N2O4.C26H26N2O4/c1-12-4-6-16(21(8-12)26(27,28)29)15-7-5-14(9-13(15)2)31-24(34)19-10-17-18(11-20(19)25(31)35)23(33)30(3)22(17)32;1-13-5-7-17(14(2)9-13)18-8-6-16(10-15(18)3)28-25(31)21-11-19-20(12-22(21)26(28)32)24(30)27(4)23(19)29/h4-9,17-20H,10-11H2,1-3H3;5-10,19-22H,11-12H2,1-4H3. The molecule has 4 heterocycles. The van der Waals surface area contributed by atoms with Crippen LogP contribution < -0.4 is 9.80 Å². The van der Waals surface area contributed by atoms with Crippen molar-refractivity contribution in [2.75, 3.05) is 23.9 Å². The Morgan fingerprint density at radius 2 is 0.672 bits per heavy atom. The number of likely N-dealkylation sites (tertiary alicyclic amines) is 2. The maximum absolute atomic E-state index is 13.7. The van der Waals surface area contributed by atoms with Crippen LogP contribution in [0.3, 0.4) is 0 Å². The number of aryl methyl sites for hydroxylation is 5. The summed E-state index contributed by atoms with van der Waals surface area (Å²) in [6.45, 7) is 9.34. The number of rotatable bonds is 4. The number of alkyl halides is 3. The monoisotopic (exact) mass is 914 g/mol. The Hall–Kier alpha value is -6.77. The molecule has 4 aromatic rings. The summed E-state index contributed by atoms with van der Waals surface area (Å²) in [5.74, 6) is -7.13. The van der Waals surface area contributed by atoms with E-state index in [1.807, 2.05) is 25.1 Å². The Morgan fingerprint density at radius 1 is 0.388 bits per heavy atom. The van der Waals surface area contributed by atoms with Crippen LogP contribution in [-0.2, 0) is 44.5 Å². The highest BCUT2D eigenvalue weighted by molar-refractivity contribution is 6.24. The number of carbonyl (C=O) groups is 8. The summed E-state index contributed by atoms with van der Waals surface area (Å²) < 4.78 is 41.0. The molecule has 8 amide bonds. The van der Waals surface area contributed by atoms with Crippen molar-refractivity contribution >= 4 is 58.6 Å². The minimum absolute atomic E-state index is 0.0221. The third-order valence-electron chi connectivity index (χ3n) is 15.1. The molecule has 67 heavy (non-hydrogen) atoms. The molecule has 0 spiro atoms. The second kappa shape index (κ2) is 16.2. The fourth-order valence-corrected chi connectivity index (χ4v) is 11.6. The zero-order chi connectivity index (χ0) is 48.3. The molecule has 4 aliphatic heterocycles. The summed E-state index contributed by atoms with van der Waals surface area (Å²) >= 11 is 0. The molecule has 8 unspecified atom stereocenters. The Labute approximate surface area is 385 Å². The Kier molecular flexibility index (Phi) is 11.0. The number of fused-ring (bicyclic) bond motifs is 4. The molecule has 0 radical (unpaired) electrons. The molecule has 8 atom stereocenters. The first-order valence-electron chi connectivity index (χ1n) is 22.4. The summed E-state index contributed by atoms with van der Waals surface area (Å²) in [6.07, 6.45) is -3.72. The van der Waals surface area contributed by atoms with Crippen molar-refractivity contribution in [3.8, 4) is 22.3 Å². The van der Waals surface area contributed by atoms with Crippen LogP contribution in [0.25, 0.3) is 22.3 Å². The maximum Gasteiger partial charge on any atom is 0.417 e. The van der Waals surface area contributed by atoms with Crippen molar-refractivity contribution in [2.24, 2.45) is 47.3 Å². The van der Waals surface area contributed by atoms with E-state index < -0.39 is 70.9 Å². The number of anilines is 2. The predicted octanol–water partition coefficient (Wildman–Crippen LogP) is 7.53. The average molecular weight is 915 g/mol. The fourth-order valence-electron chi connectivity index (χ4n) is 11.6. The topological polar surface area (TPSA) is 150 Å². The highest BCUT2D eigenvalue weighted by Gasteiger charge is 2.60. The van der Waals surface area contributed by atoms with Gasteiger partial charge in [-0.1, -0.05) is 53.6 Å². The van der Waals surface area contributed by atoms with Gasteiger partial charge >= 0.3 is 6.18 Å². The van der Waals surface area contributed by atoms with Gasteiger partial charge in [-0.3, -0.25) is 58.0 Å². The van der Waals surface area contributed by atoms with Crippen molar-refractivity contribution in [1.29, 1.82) is 0 Å². The SMILES string of the molecule is Cc1ccc(-c2ccc(N3C(=O)C4CC5C(=O)N(C)C(=O)C5CC4C3=O)cc2C)c(C(F)(F)F)c1.Cc1ccc(-c2ccc(N3C(=O)C4CC5C(=O)N(C)C(=O)C5CC4C3=O)cc2C)c(C)c1. The normalized spacial score (nSPS) is 26.8. The Bertz CT molecular complexity index is 2810. The Balaban J connectivity index is 0.000000169. The molecule has 6 aliphatic rings. The second-order valence-electron chi connectivity index (χ2n) is 19.2. The molecule has 4 aromatic carbocycles. The highest BCUT2D eigenvalue weighted by atomic mass is 19.4. The van der Waals surface area contributed by atoms with Crippen LogP contribution in [-0.4, -0.2) is 71.2 Å². The average Bonchev–Trinajstić information content (AvgIpc) is 3.85. The molecule has 4 saturated heterocycles. The molecule has 10 rings (SSSR count). The van der Waals surface area contributed by atoms with E-state index in [-0.39, 0.29) is 72.4 Å². The second-order valence-corrected chi connectivity index (χ2v) is 19.2. The zero-order valence-electron chi connectivity index (χ0n) is 38.1. The van der Waals surface area contributed by atoms with E-state index in [1.165, 1.54) is 54.4 Å². The minimum atomic E-state index is -4.54. The quantitative estimate of drug-likeness (QED) is 0.191. The summed E-state index contributed by atoms with van der Waals surface area (Å²) in [5.41, 5.74) is 6.97. The smallest absolute Gasteiger partial charge is 0.285 e. The zero-order valence-corrected chi connectivity index (χ0v) is 38.1. The number of hydrogen-bond donors (Lipinski definition) is 0. The molecule has 0 aromatic heterocycles. The van der Waals surface area contributed by atoms with Crippen LogP contribution in [0.2, 0.25) is 0 Å². The molecule has 346 valence electrons. The largest absolute Gasteiger partial charge is 0.417 e. The maximum atomic E-state index is 13.7. The predicted molar refractivity (Wildman–Crippen MR) is 239 cm³/mol. The molecular weight excluding hydrogens is 866 g/mol. The first kappa shape index (κ1) is 45.4. The van der Waals surface area contributed by atoms with Gasteiger partial charge in [-0.15, -0.1) is 0 Å². The number of amides is 8. The van der Waals surface area contributed by atoms with Crippen LogP contribution in [0.15, 0.2) is 72.8 Å². The van der Waals surface area contributed by atoms with Gasteiger partial charge in [0.15, 0.2) is 0 Å². The summed E-state index contributed by atoms with van der Waals surface area (Å²) in [4.78, 5) is 107. The van der Waals surface area contributed by atoms with Gasteiger partial charge in [0.25, 0.3) is 0 Å². The first-order chi connectivity index (χ1) is 31.6. The molecule has 0 N–H and O–H groups in total. The fraction of sp³-hybridized carbons (Fsp3) is 0.385. The lowest BCUT2D eigenvalue weighted by molar-refractivity contribution is -0.139. The van der Waals surface area contributed by atoms with Gasteiger partial charge < -0.3 is 0 Å². The van der Waals surface area contributed by atoms with Crippen LogP contribution >= 0.6 is 0 Å². The Morgan fingerprint density at radius 3 is 1.00 bits per heavy atom. The lowest BCUT2D eigenvalue weighted by atomic mass is 9.70. The molecule has 2 saturated carbocycles.